The first-order valence-corrected chi connectivity index (χ1v) is 5.96. The monoisotopic (exact) mass is 270 g/mol. The van der Waals surface area contributed by atoms with Crippen LogP contribution in [0.3, 0.4) is 0 Å². The molecule has 100 valence electrons. The number of aliphatic hydroxyl groups excluding tert-OH is 1. The van der Waals surface area contributed by atoms with Gasteiger partial charge in [-0.1, -0.05) is 6.08 Å². The number of allylic oxidation sites excluding steroid dienone is 4. The Hall–Kier alpha value is -2.82. The third kappa shape index (κ3) is 1.89. The molecule has 1 aliphatic carbocycles. The third-order valence-corrected chi connectivity index (χ3v) is 3.15. The average molecular weight is 270 g/mol. The molecule has 1 heterocycles. The molecule has 0 bridgehead atoms. The first-order valence-electron chi connectivity index (χ1n) is 5.96. The van der Waals surface area contributed by atoms with Crippen LogP contribution in [-0.4, -0.2) is 22.0 Å². The molecular formula is C15H10O5. The summed E-state index contributed by atoms with van der Waals surface area (Å²) < 4.78 is 5.08. The van der Waals surface area contributed by atoms with Crippen LogP contribution in [0.2, 0.25) is 0 Å². The van der Waals surface area contributed by atoms with Gasteiger partial charge in [0.15, 0.2) is 0 Å². The number of carbonyl (C=O) groups is 2. The number of aliphatic hydroxyl groups is 1. The molecule has 0 saturated heterocycles. The van der Waals surface area contributed by atoms with Crippen molar-refractivity contribution in [3.05, 3.63) is 58.9 Å². The van der Waals surface area contributed by atoms with Gasteiger partial charge in [0.05, 0.1) is 5.56 Å². The molecule has 5 nitrogen and oxygen atoms in total. The van der Waals surface area contributed by atoms with Gasteiger partial charge in [0.25, 0.3) is 0 Å². The Kier molecular flexibility index (Phi) is 2.68. The van der Waals surface area contributed by atoms with Crippen LogP contribution in [0.1, 0.15) is 16.8 Å². The van der Waals surface area contributed by atoms with Crippen molar-refractivity contribution < 1.29 is 24.5 Å². The molecule has 0 fully saturated rings. The highest BCUT2D eigenvalue weighted by Gasteiger charge is 2.33. The van der Waals surface area contributed by atoms with E-state index in [0.29, 0.717) is 5.57 Å². The number of Topliss-reactive ketones (excluding diaryl/α,β-unsaturated/α-hetero) is 1. The molecule has 0 amide bonds. The number of phenolic OH excluding ortho intramolecular Hbond substituents is 1. The number of benzene rings is 1. The van der Waals surface area contributed by atoms with Gasteiger partial charge in [-0.3, -0.25) is 4.79 Å². The number of carbonyl (C=O) groups excluding carboxylic acids is 2. The predicted molar refractivity (Wildman–Crippen MR) is 69.6 cm³/mol. The van der Waals surface area contributed by atoms with E-state index in [4.69, 9.17) is 4.74 Å². The van der Waals surface area contributed by atoms with E-state index >= 15 is 0 Å². The lowest BCUT2D eigenvalue weighted by Gasteiger charge is -2.19. The van der Waals surface area contributed by atoms with E-state index in [9.17, 15) is 19.8 Å². The number of hydrogen-bond donors (Lipinski definition) is 2. The number of fused-ring (bicyclic) bond motifs is 1. The second-order valence-corrected chi connectivity index (χ2v) is 4.47. The summed E-state index contributed by atoms with van der Waals surface area (Å²) in [6, 6.07) is 4.01. The molecule has 1 aliphatic heterocycles. The molecule has 1 aromatic rings. The summed E-state index contributed by atoms with van der Waals surface area (Å²) in [6.07, 6.45) is 4.73. The van der Waals surface area contributed by atoms with E-state index in [2.05, 4.69) is 0 Å². The van der Waals surface area contributed by atoms with Crippen LogP contribution in [0.25, 0.3) is 0 Å². The number of esters is 1. The van der Waals surface area contributed by atoms with Crippen molar-refractivity contribution >= 4 is 11.8 Å². The minimum absolute atomic E-state index is 0.0387. The number of phenols is 1. The van der Waals surface area contributed by atoms with Crippen molar-refractivity contribution in [3.63, 3.8) is 0 Å². The molecular weight excluding hydrogens is 260 g/mol. The summed E-state index contributed by atoms with van der Waals surface area (Å²) in [5.74, 6) is -1.11. The molecule has 0 saturated carbocycles. The van der Waals surface area contributed by atoms with Gasteiger partial charge < -0.3 is 14.9 Å². The van der Waals surface area contributed by atoms with E-state index in [1.54, 1.807) is 0 Å². The summed E-state index contributed by atoms with van der Waals surface area (Å²) in [6.45, 7) is 0. The summed E-state index contributed by atoms with van der Waals surface area (Å²) in [5, 5.41) is 18.6. The zero-order valence-electron chi connectivity index (χ0n) is 10.3. The Morgan fingerprint density at radius 2 is 1.90 bits per heavy atom. The predicted octanol–water partition coefficient (Wildman–Crippen LogP) is 2.19. The smallest absolute Gasteiger partial charge is 0.347 e. The molecule has 1 aromatic carbocycles. The van der Waals surface area contributed by atoms with Crippen LogP contribution in [-0.2, 0) is 4.79 Å². The average Bonchev–Trinajstić information content (AvgIpc) is 2.40. The van der Waals surface area contributed by atoms with E-state index in [1.807, 2.05) is 0 Å². The molecule has 0 unspecified atom stereocenters. The first-order chi connectivity index (χ1) is 9.56. The van der Waals surface area contributed by atoms with Crippen LogP contribution in [0.15, 0.2) is 53.3 Å². The Morgan fingerprint density at radius 1 is 1.10 bits per heavy atom. The van der Waals surface area contributed by atoms with E-state index in [-0.39, 0.29) is 34.8 Å². The normalized spacial score (nSPS) is 21.3. The van der Waals surface area contributed by atoms with Gasteiger partial charge >= 0.3 is 5.97 Å². The van der Waals surface area contributed by atoms with Gasteiger partial charge in [0.2, 0.25) is 5.78 Å². The highest BCUT2D eigenvalue weighted by atomic mass is 16.5. The second kappa shape index (κ2) is 4.38. The molecule has 5 heteroatoms. The Labute approximate surface area is 114 Å². The van der Waals surface area contributed by atoms with Crippen LogP contribution in [0, 0.1) is 0 Å². The van der Waals surface area contributed by atoms with E-state index in [0.717, 1.165) is 0 Å². The molecule has 0 atom stereocenters. The fraction of sp³-hybridized carbons (Fsp3) is 0.0667. The van der Waals surface area contributed by atoms with Crippen molar-refractivity contribution in [3.8, 4) is 11.5 Å². The van der Waals surface area contributed by atoms with Gasteiger partial charge in [-0.05, 0) is 36.3 Å². The van der Waals surface area contributed by atoms with Gasteiger partial charge in [0, 0.05) is 6.07 Å². The zero-order chi connectivity index (χ0) is 14.3. The highest BCUT2D eigenvalue weighted by Crippen LogP contribution is 2.33. The van der Waals surface area contributed by atoms with Crippen LogP contribution < -0.4 is 4.74 Å². The Bertz CT molecular complexity index is 722. The maximum atomic E-state index is 12.4. The maximum absolute atomic E-state index is 12.4. The zero-order valence-corrected chi connectivity index (χ0v) is 10.3. The number of aromatic hydroxyl groups is 1. The molecule has 0 spiro atoms. The number of ether oxygens (including phenoxy) is 1. The highest BCUT2D eigenvalue weighted by molar-refractivity contribution is 6.28. The fourth-order valence-electron chi connectivity index (χ4n) is 2.16. The number of ketones is 1. The largest absolute Gasteiger partial charge is 0.508 e. The minimum atomic E-state index is -0.748. The summed E-state index contributed by atoms with van der Waals surface area (Å²) in [7, 11) is 0. The minimum Gasteiger partial charge on any atom is -0.508 e. The lowest BCUT2D eigenvalue weighted by Crippen LogP contribution is -2.26. The Balaban J connectivity index is 2.10. The lowest BCUT2D eigenvalue weighted by atomic mass is 9.92. The van der Waals surface area contributed by atoms with E-state index < -0.39 is 11.8 Å². The van der Waals surface area contributed by atoms with E-state index in [1.165, 1.54) is 36.4 Å². The standard InChI is InChI=1S/C15H10O5/c16-9-3-1-8(2-4-9)13-14(18)11-6-5-10(17)7-12(11)20-15(13)19/h1,3-7,16-17H,2H2. The molecule has 3 rings (SSSR count). The van der Waals surface area contributed by atoms with Gasteiger partial charge in [-0.2, -0.15) is 0 Å². The molecule has 2 N–H and O–H groups in total. The van der Waals surface area contributed by atoms with Crippen LogP contribution >= 0.6 is 0 Å². The van der Waals surface area contributed by atoms with Crippen LogP contribution in [0.5, 0.6) is 11.5 Å². The molecule has 20 heavy (non-hydrogen) atoms. The fourth-order valence-corrected chi connectivity index (χ4v) is 2.16. The maximum Gasteiger partial charge on any atom is 0.347 e. The van der Waals surface area contributed by atoms with Gasteiger partial charge in [0.1, 0.15) is 22.8 Å². The molecule has 2 aliphatic rings. The molecule has 0 aromatic heterocycles. The Morgan fingerprint density at radius 3 is 2.60 bits per heavy atom. The van der Waals surface area contributed by atoms with Gasteiger partial charge in [-0.25, -0.2) is 4.79 Å². The van der Waals surface area contributed by atoms with Crippen LogP contribution in [0.4, 0.5) is 0 Å². The van der Waals surface area contributed by atoms with Gasteiger partial charge in [-0.15, -0.1) is 0 Å². The van der Waals surface area contributed by atoms with Crippen molar-refractivity contribution in [1.29, 1.82) is 0 Å². The summed E-state index contributed by atoms with van der Waals surface area (Å²) >= 11 is 0. The SMILES string of the molecule is O=C1Oc2cc(O)ccc2C(=O)C1=C1C=CC(O)=CC1. The lowest BCUT2D eigenvalue weighted by molar-refractivity contribution is -0.130. The second-order valence-electron chi connectivity index (χ2n) is 4.47. The quantitative estimate of drug-likeness (QED) is 0.327. The van der Waals surface area contributed by atoms with Crippen molar-refractivity contribution in [2.45, 2.75) is 6.42 Å². The first kappa shape index (κ1) is 12.2. The topological polar surface area (TPSA) is 83.8 Å². The molecule has 0 radical (unpaired) electrons. The third-order valence-electron chi connectivity index (χ3n) is 3.15. The van der Waals surface area contributed by atoms with Crippen molar-refractivity contribution in [2.24, 2.45) is 0 Å². The van der Waals surface area contributed by atoms with Crippen molar-refractivity contribution in [2.75, 3.05) is 0 Å². The van der Waals surface area contributed by atoms with Crippen molar-refractivity contribution in [1.82, 2.24) is 0 Å². The summed E-state index contributed by atoms with van der Waals surface area (Å²) in [5.41, 5.74) is 0.691. The number of rotatable bonds is 0. The summed E-state index contributed by atoms with van der Waals surface area (Å²) in [4.78, 5) is 24.3. The number of hydrogen-bond acceptors (Lipinski definition) is 5.